The van der Waals surface area contributed by atoms with Crippen molar-refractivity contribution in [2.75, 3.05) is 0 Å². The minimum Gasteiger partial charge on any atom is -0.476 e. The molecule has 0 amide bonds. The second-order valence-electron chi connectivity index (χ2n) is 4.26. The molecule has 0 aliphatic rings. The molecule has 0 saturated heterocycles. The van der Waals surface area contributed by atoms with E-state index in [0.717, 1.165) is 0 Å². The average molecular weight is 340 g/mol. The van der Waals surface area contributed by atoms with Crippen molar-refractivity contribution < 1.29 is 14.8 Å². The number of nitrogens with zero attached hydrogens (tertiary/aromatic N) is 3. The van der Waals surface area contributed by atoms with E-state index in [4.69, 9.17) is 5.11 Å². The molecule has 0 bridgehead atoms. The Bertz CT molecular complexity index is 724. The van der Waals surface area contributed by atoms with Crippen LogP contribution >= 0.6 is 15.9 Å². The zero-order valence-corrected chi connectivity index (χ0v) is 12.2. The van der Waals surface area contributed by atoms with E-state index >= 15 is 0 Å². The first kappa shape index (κ1) is 14.2. The third-order valence-electron chi connectivity index (χ3n) is 2.81. The Hall–Kier alpha value is -2.22. The number of aromatic carboxylic acids is 1. The fraction of sp³-hybridized carbons (Fsp3) is 0.167. The maximum absolute atomic E-state index is 11.0. The molecule has 8 heteroatoms. The van der Waals surface area contributed by atoms with Gasteiger partial charge in [0.05, 0.1) is 10.6 Å². The van der Waals surface area contributed by atoms with E-state index < -0.39 is 10.9 Å². The van der Waals surface area contributed by atoms with Crippen LogP contribution in [0.15, 0.2) is 22.8 Å². The van der Waals surface area contributed by atoms with Crippen LogP contribution < -0.4 is 0 Å². The van der Waals surface area contributed by atoms with Crippen molar-refractivity contribution in [2.24, 2.45) is 0 Å². The SMILES string of the molecule is Cc1cc(Br)c(-n2cc(C)c(C(=O)O)n2)cc1[N+](=O)[O-]. The number of hydrogen-bond acceptors (Lipinski definition) is 4. The lowest BCUT2D eigenvalue weighted by Crippen LogP contribution is -2.03. The Balaban J connectivity index is 2.63. The van der Waals surface area contributed by atoms with Gasteiger partial charge in [0.25, 0.3) is 5.69 Å². The number of carboxylic acids is 1. The van der Waals surface area contributed by atoms with E-state index in [0.29, 0.717) is 21.3 Å². The molecule has 0 aliphatic heterocycles. The summed E-state index contributed by atoms with van der Waals surface area (Å²) in [5.74, 6) is -1.14. The standard InChI is InChI=1S/C12H10BrN3O4/c1-6-3-8(13)10(4-9(6)16(19)20)15-5-7(2)11(14-15)12(17)18/h3-5H,1-2H3,(H,17,18). The summed E-state index contributed by atoms with van der Waals surface area (Å²) in [5.41, 5.74) is 1.27. The molecule has 0 saturated carbocycles. The van der Waals surface area contributed by atoms with Gasteiger partial charge in [-0.2, -0.15) is 5.10 Å². The van der Waals surface area contributed by atoms with E-state index in [2.05, 4.69) is 21.0 Å². The molecule has 2 aromatic rings. The molecule has 2 rings (SSSR count). The highest BCUT2D eigenvalue weighted by molar-refractivity contribution is 9.10. The van der Waals surface area contributed by atoms with Gasteiger partial charge in [-0.05, 0) is 35.8 Å². The molecule has 0 fully saturated rings. The molecular formula is C12H10BrN3O4. The van der Waals surface area contributed by atoms with Gasteiger partial charge in [-0.1, -0.05) is 0 Å². The molecular weight excluding hydrogens is 330 g/mol. The Morgan fingerprint density at radius 1 is 1.40 bits per heavy atom. The lowest BCUT2D eigenvalue weighted by Gasteiger charge is -2.06. The van der Waals surface area contributed by atoms with Crippen LogP contribution in [0, 0.1) is 24.0 Å². The first-order chi connectivity index (χ1) is 9.31. The number of aromatic nitrogens is 2. The molecule has 0 atom stereocenters. The van der Waals surface area contributed by atoms with Crippen molar-refractivity contribution in [3.05, 3.63) is 49.7 Å². The molecule has 7 nitrogen and oxygen atoms in total. The van der Waals surface area contributed by atoms with Gasteiger partial charge in [0.2, 0.25) is 0 Å². The predicted octanol–water partition coefficient (Wildman–Crippen LogP) is 2.86. The number of halogens is 1. The summed E-state index contributed by atoms with van der Waals surface area (Å²) < 4.78 is 1.91. The largest absolute Gasteiger partial charge is 0.476 e. The first-order valence-corrected chi connectivity index (χ1v) is 6.35. The molecule has 104 valence electrons. The van der Waals surface area contributed by atoms with Crippen molar-refractivity contribution >= 4 is 27.6 Å². The first-order valence-electron chi connectivity index (χ1n) is 5.55. The Morgan fingerprint density at radius 3 is 2.55 bits per heavy atom. The molecule has 1 heterocycles. The fourth-order valence-electron chi connectivity index (χ4n) is 1.82. The van der Waals surface area contributed by atoms with Crippen LogP contribution in [0.3, 0.4) is 0 Å². The van der Waals surface area contributed by atoms with Crippen LogP contribution in [-0.4, -0.2) is 25.8 Å². The van der Waals surface area contributed by atoms with E-state index in [1.54, 1.807) is 19.9 Å². The van der Waals surface area contributed by atoms with Crippen LogP contribution in [0.2, 0.25) is 0 Å². The minimum absolute atomic E-state index is 0.0479. The second-order valence-corrected chi connectivity index (χ2v) is 5.11. The maximum atomic E-state index is 11.0. The summed E-state index contributed by atoms with van der Waals surface area (Å²) in [7, 11) is 0. The Kier molecular flexibility index (Phi) is 3.58. The molecule has 0 radical (unpaired) electrons. The van der Waals surface area contributed by atoms with Crippen molar-refractivity contribution in [3.63, 3.8) is 0 Å². The van der Waals surface area contributed by atoms with Gasteiger partial charge in [0.15, 0.2) is 5.69 Å². The van der Waals surface area contributed by atoms with Crippen molar-refractivity contribution in [3.8, 4) is 5.69 Å². The highest BCUT2D eigenvalue weighted by Gasteiger charge is 2.18. The number of benzene rings is 1. The van der Waals surface area contributed by atoms with Gasteiger partial charge >= 0.3 is 5.97 Å². The van der Waals surface area contributed by atoms with Gasteiger partial charge in [0.1, 0.15) is 0 Å². The minimum atomic E-state index is -1.14. The predicted molar refractivity (Wildman–Crippen MR) is 74.4 cm³/mol. The van der Waals surface area contributed by atoms with Crippen molar-refractivity contribution in [2.45, 2.75) is 13.8 Å². The molecule has 1 N–H and O–H groups in total. The Morgan fingerprint density at radius 2 is 2.05 bits per heavy atom. The third-order valence-corrected chi connectivity index (χ3v) is 3.44. The fourth-order valence-corrected chi connectivity index (χ4v) is 2.46. The quantitative estimate of drug-likeness (QED) is 0.684. The second kappa shape index (κ2) is 5.04. The van der Waals surface area contributed by atoms with Crippen LogP contribution in [0.5, 0.6) is 0 Å². The zero-order valence-electron chi connectivity index (χ0n) is 10.6. The number of nitro groups is 1. The number of aryl methyl sites for hydroxylation is 2. The van der Waals surface area contributed by atoms with E-state index in [-0.39, 0.29) is 11.4 Å². The van der Waals surface area contributed by atoms with Gasteiger partial charge in [-0.25, -0.2) is 9.48 Å². The molecule has 0 aliphatic carbocycles. The number of hydrogen-bond donors (Lipinski definition) is 1. The van der Waals surface area contributed by atoms with Crippen molar-refractivity contribution in [1.29, 1.82) is 0 Å². The summed E-state index contributed by atoms with van der Waals surface area (Å²) in [6, 6.07) is 2.96. The van der Waals surface area contributed by atoms with Crippen LogP contribution in [0.1, 0.15) is 21.6 Å². The maximum Gasteiger partial charge on any atom is 0.356 e. The summed E-state index contributed by atoms with van der Waals surface area (Å²) >= 11 is 3.31. The zero-order chi connectivity index (χ0) is 15.0. The Labute approximate surface area is 122 Å². The molecule has 1 aromatic heterocycles. The lowest BCUT2D eigenvalue weighted by molar-refractivity contribution is -0.385. The summed E-state index contributed by atoms with van der Waals surface area (Å²) in [5, 5.41) is 23.9. The van der Waals surface area contributed by atoms with Crippen molar-refractivity contribution in [1.82, 2.24) is 9.78 Å². The highest BCUT2D eigenvalue weighted by atomic mass is 79.9. The van der Waals surface area contributed by atoms with Gasteiger partial charge in [-0.3, -0.25) is 10.1 Å². The number of rotatable bonds is 3. The van der Waals surface area contributed by atoms with Crippen LogP contribution in [0.4, 0.5) is 5.69 Å². The summed E-state index contributed by atoms with van der Waals surface area (Å²) in [4.78, 5) is 21.5. The van der Waals surface area contributed by atoms with E-state index in [9.17, 15) is 14.9 Å². The van der Waals surface area contributed by atoms with E-state index in [1.807, 2.05) is 0 Å². The summed E-state index contributed by atoms with van der Waals surface area (Å²) in [6.45, 7) is 3.24. The smallest absolute Gasteiger partial charge is 0.356 e. The molecule has 0 unspecified atom stereocenters. The third kappa shape index (κ3) is 2.42. The normalized spacial score (nSPS) is 10.6. The topological polar surface area (TPSA) is 98.3 Å². The van der Waals surface area contributed by atoms with Crippen LogP contribution in [-0.2, 0) is 0 Å². The highest BCUT2D eigenvalue weighted by Crippen LogP contribution is 2.29. The number of carboxylic acid groups (broad SMARTS) is 1. The van der Waals surface area contributed by atoms with Gasteiger partial charge in [0, 0.05) is 27.9 Å². The summed E-state index contributed by atoms with van der Waals surface area (Å²) in [6.07, 6.45) is 1.52. The van der Waals surface area contributed by atoms with E-state index in [1.165, 1.54) is 16.9 Å². The molecule has 1 aromatic carbocycles. The van der Waals surface area contributed by atoms with Gasteiger partial charge < -0.3 is 5.11 Å². The molecule has 0 spiro atoms. The van der Waals surface area contributed by atoms with Gasteiger partial charge in [-0.15, -0.1) is 0 Å². The number of nitro benzene ring substituents is 1. The lowest BCUT2D eigenvalue weighted by atomic mass is 10.2. The number of carbonyl (C=O) groups is 1. The average Bonchev–Trinajstić information content (AvgIpc) is 2.70. The molecule has 20 heavy (non-hydrogen) atoms. The van der Waals surface area contributed by atoms with Crippen LogP contribution in [0.25, 0.3) is 5.69 Å². The monoisotopic (exact) mass is 339 g/mol.